The molecule has 4 heterocycles. The lowest BCUT2D eigenvalue weighted by atomic mass is 9.93. The van der Waals surface area contributed by atoms with Gasteiger partial charge in [-0.25, -0.2) is 4.98 Å². The van der Waals surface area contributed by atoms with Gasteiger partial charge in [-0.15, -0.1) is 11.3 Å². The molecule has 2 aliphatic heterocycles. The minimum absolute atomic E-state index is 0.0208. The van der Waals surface area contributed by atoms with Gasteiger partial charge < -0.3 is 10.1 Å². The zero-order valence-corrected chi connectivity index (χ0v) is 15.2. The molecule has 1 amide bonds. The van der Waals surface area contributed by atoms with E-state index in [-0.39, 0.29) is 5.91 Å². The molecule has 0 aliphatic carbocycles. The Morgan fingerprint density at radius 2 is 2.38 bits per heavy atom. The van der Waals surface area contributed by atoms with Gasteiger partial charge in [-0.2, -0.15) is 11.3 Å². The van der Waals surface area contributed by atoms with Crippen molar-refractivity contribution in [3.8, 4) is 0 Å². The van der Waals surface area contributed by atoms with Crippen LogP contribution in [-0.4, -0.2) is 48.1 Å². The second kappa shape index (κ2) is 6.92. The van der Waals surface area contributed by atoms with Crippen LogP contribution in [0.4, 0.5) is 0 Å². The highest BCUT2D eigenvalue weighted by molar-refractivity contribution is 7.09. The van der Waals surface area contributed by atoms with Crippen LogP contribution in [-0.2, 0) is 11.3 Å². The molecule has 24 heavy (non-hydrogen) atoms. The Hall–Kier alpha value is -1.28. The normalized spacial score (nSPS) is 26.6. The van der Waals surface area contributed by atoms with E-state index >= 15 is 0 Å². The molecule has 2 saturated heterocycles. The van der Waals surface area contributed by atoms with E-state index in [1.807, 2.05) is 23.8 Å². The molecule has 3 atom stereocenters. The van der Waals surface area contributed by atoms with Gasteiger partial charge in [-0.3, -0.25) is 9.69 Å². The average molecular weight is 364 g/mol. The molecule has 0 radical (unpaired) electrons. The van der Waals surface area contributed by atoms with Crippen molar-refractivity contribution in [2.75, 3.05) is 26.2 Å². The van der Waals surface area contributed by atoms with E-state index in [0.29, 0.717) is 24.5 Å². The molecule has 2 aliphatic rings. The molecule has 4 rings (SSSR count). The Morgan fingerprint density at radius 1 is 1.46 bits per heavy atom. The SMILES string of the molecule is Cc1nc(CN2C[C@@H]3[C@@H](CNC(=O)c4ccsc4)CO[C@@H]3C2)cs1. The summed E-state index contributed by atoms with van der Waals surface area (Å²) in [6.07, 6.45) is 0.299. The maximum Gasteiger partial charge on any atom is 0.252 e. The smallest absolute Gasteiger partial charge is 0.252 e. The number of ether oxygens (including phenoxy) is 1. The lowest BCUT2D eigenvalue weighted by molar-refractivity contribution is 0.0903. The number of thiazole rings is 1. The Balaban J connectivity index is 1.30. The van der Waals surface area contributed by atoms with Gasteiger partial charge in [-0.05, 0) is 18.4 Å². The molecular weight excluding hydrogens is 342 g/mol. The van der Waals surface area contributed by atoms with E-state index in [4.69, 9.17) is 4.74 Å². The van der Waals surface area contributed by atoms with Crippen LogP contribution in [0.5, 0.6) is 0 Å². The van der Waals surface area contributed by atoms with Crippen LogP contribution < -0.4 is 5.32 Å². The van der Waals surface area contributed by atoms with Gasteiger partial charge >= 0.3 is 0 Å². The van der Waals surface area contributed by atoms with Crippen LogP contribution in [0.3, 0.4) is 0 Å². The van der Waals surface area contributed by atoms with Gasteiger partial charge in [0.15, 0.2) is 0 Å². The molecule has 2 aromatic heterocycles. The van der Waals surface area contributed by atoms with Gasteiger partial charge in [-0.1, -0.05) is 0 Å². The molecule has 0 spiro atoms. The van der Waals surface area contributed by atoms with Crippen LogP contribution in [0, 0.1) is 18.8 Å². The molecule has 0 bridgehead atoms. The third-order valence-corrected chi connectivity index (χ3v) is 6.38. The van der Waals surface area contributed by atoms with E-state index in [1.54, 1.807) is 22.7 Å². The second-order valence-corrected chi connectivity index (χ2v) is 8.41. The number of carbonyl (C=O) groups is 1. The molecule has 0 saturated carbocycles. The van der Waals surface area contributed by atoms with Crippen LogP contribution in [0.25, 0.3) is 0 Å². The number of hydrogen-bond acceptors (Lipinski definition) is 6. The summed E-state index contributed by atoms with van der Waals surface area (Å²) < 4.78 is 5.98. The zero-order valence-electron chi connectivity index (χ0n) is 13.6. The minimum atomic E-state index is 0.0208. The third-order valence-electron chi connectivity index (χ3n) is 4.87. The Kier molecular flexibility index (Phi) is 4.67. The van der Waals surface area contributed by atoms with Crippen LogP contribution in [0.1, 0.15) is 21.1 Å². The van der Waals surface area contributed by atoms with E-state index in [0.717, 1.165) is 42.5 Å². The average Bonchev–Trinajstić information content (AvgIpc) is 3.30. The largest absolute Gasteiger partial charge is 0.376 e. The summed E-state index contributed by atoms with van der Waals surface area (Å²) in [5.41, 5.74) is 1.90. The fraction of sp³-hybridized carbons (Fsp3) is 0.529. The maximum absolute atomic E-state index is 12.1. The van der Waals surface area contributed by atoms with Crippen molar-refractivity contribution in [2.24, 2.45) is 11.8 Å². The third kappa shape index (κ3) is 3.39. The summed E-state index contributed by atoms with van der Waals surface area (Å²) in [4.78, 5) is 19.1. The molecule has 2 aromatic rings. The Bertz CT molecular complexity index is 701. The molecule has 7 heteroatoms. The summed E-state index contributed by atoms with van der Waals surface area (Å²) in [6.45, 7) is 6.38. The van der Waals surface area contributed by atoms with Crippen LogP contribution in [0.2, 0.25) is 0 Å². The number of carbonyl (C=O) groups excluding carboxylic acids is 1. The standard InChI is InChI=1S/C17H21N3O2S2/c1-11-19-14(10-24-11)5-20-6-15-13(8-22-16(15)7-20)4-18-17(21)12-2-3-23-9-12/h2-3,9-10,13,15-16H,4-8H2,1H3,(H,18,21)/t13-,15+,16+/m0/s1. The van der Waals surface area contributed by atoms with Crippen LogP contribution >= 0.6 is 22.7 Å². The fourth-order valence-corrected chi connectivity index (χ4v) is 4.89. The van der Waals surface area contributed by atoms with Gasteiger partial charge in [0.2, 0.25) is 0 Å². The number of thiophene rings is 1. The van der Waals surface area contributed by atoms with Crippen molar-refractivity contribution >= 4 is 28.6 Å². The summed E-state index contributed by atoms with van der Waals surface area (Å²) in [6, 6.07) is 1.86. The maximum atomic E-state index is 12.1. The predicted octanol–water partition coefficient (Wildman–Crippen LogP) is 2.39. The number of hydrogen-bond donors (Lipinski definition) is 1. The number of aryl methyl sites for hydroxylation is 1. The number of fused-ring (bicyclic) bond motifs is 1. The lowest BCUT2D eigenvalue weighted by Gasteiger charge is -2.19. The van der Waals surface area contributed by atoms with E-state index in [2.05, 4.69) is 20.6 Å². The number of nitrogens with one attached hydrogen (secondary N) is 1. The summed E-state index contributed by atoms with van der Waals surface area (Å²) >= 11 is 3.25. The molecule has 2 fully saturated rings. The highest BCUT2D eigenvalue weighted by atomic mass is 32.1. The first-order chi connectivity index (χ1) is 11.7. The molecule has 128 valence electrons. The van der Waals surface area contributed by atoms with Crippen molar-refractivity contribution in [3.05, 3.63) is 38.5 Å². The van der Waals surface area contributed by atoms with Gasteiger partial charge in [0, 0.05) is 54.3 Å². The van der Waals surface area contributed by atoms with Crippen molar-refractivity contribution in [3.63, 3.8) is 0 Å². The van der Waals surface area contributed by atoms with Crippen molar-refractivity contribution in [2.45, 2.75) is 19.6 Å². The van der Waals surface area contributed by atoms with E-state index in [1.165, 1.54) is 0 Å². The predicted molar refractivity (Wildman–Crippen MR) is 95.5 cm³/mol. The number of nitrogens with zero attached hydrogens (tertiary/aromatic N) is 2. The van der Waals surface area contributed by atoms with E-state index in [9.17, 15) is 4.79 Å². The number of likely N-dealkylation sites (tertiary alicyclic amines) is 1. The number of amides is 1. The van der Waals surface area contributed by atoms with Gasteiger partial charge in [0.1, 0.15) is 0 Å². The highest BCUT2D eigenvalue weighted by Crippen LogP contribution is 2.34. The number of rotatable bonds is 5. The molecule has 5 nitrogen and oxygen atoms in total. The molecule has 1 N–H and O–H groups in total. The van der Waals surface area contributed by atoms with Crippen LogP contribution in [0.15, 0.2) is 22.2 Å². The molecular formula is C17H21N3O2S2. The minimum Gasteiger partial charge on any atom is -0.376 e. The summed E-state index contributed by atoms with van der Waals surface area (Å²) in [5, 5.41) is 10.1. The van der Waals surface area contributed by atoms with Crippen molar-refractivity contribution < 1.29 is 9.53 Å². The summed E-state index contributed by atoms with van der Waals surface area (Å²) in [5.74, 6) is 0.930. The first-order valence-electron chi connectivity index (χ1n) is 8.24. The van der Waals surface area contributed by atoms with Crippen molar-refractivity contribution in [1.82, 2.24) is 15.2 Å². The quantitative estimate of drug-likeness (QED) is 0.886. The summed E-state index contributed by atoms with van der Waals surface area (Å²) in [7, 11) is 0. The zero-order chi connectivity index (χ0) is 16.5. The van der Waals surface area contributed by atoms with Crippen molar-refractivity contribution in [1.29, 1.82) is 0 Å². The Labute approximate surface area is 149 Å². The number of aromatic nitrogens is 1. The highest BCUT2D eigenvalue weighted by Gasteiger charge is 2.43. The van der Waals surface area contributed by atoms with Gasteiger partial charge in [0.25, 0.3) is 5.91 Å². The first kappa shape index (κ1) is 16.2. The first-order valence-corrected chi connectivity index (χ1v) is 10.1. The Morgan fingerprint density at radius 3 is 3.12 bits per heavy atom. The topological polar surface area (TPSA) is 54.5 Å². The monoisotopic (exact) mass is 363 g/mol. The second-order valence-electron chi connectivity index (χ2n) is 6.57. The lowest BCUT2D eigenvalue weighted by Crippen LogP contribution is -2.34. The fourth-order valence-electron chi connectivity index (χ4n) is 3.65. The van der Waals surface area contributed by atoms with E-state index < -0.39 is 0 Å². The van der Waals surface area contributed by atoms with Gasteiger partial charge in [0.05, 0.1) is 23.4 Å². The molecule has 0 aromatic carbocycles. The molecule has 0 unspecified atom stereocenters.